The third-order valence-electron chi connectivity index (χ3n) is 3.42. The molecule has 0 spiro atoms. The zero-order chi connectivity index (χ0) is 17.7. The number of benzene rings is 1. The van der Waals surface area contributed by atoms with Crippen molar-refractivity contribution in [3.63, 3.8) is 0 Å². The van der Waals surface area contributed by atoms with E-state index in [1.54, 1.807) is 0 Å². The third-order valence-corrected chi connectivity index (χ3v) is 3.42. The van der Waals surface area contributed by atoms with Crippen LogP contribution in [-0.2, 0) is 6.54 Å². The molecule has 23 heavy (non-hydrogen) atoms. The minimum absolute atomic E-state index is 0.561. The molecule has 0 saturated heterocycles. The summed E-state index contributed by atoms with van der Waals surface area (Å²) in [5.74, 6) is 0. The molecule has 0 atom stereocenters. The maximum Gasteiger partial charge on any atom is 0.0207 e. The van der Waals surface area contributed by atoms with Crippen molar-refractivity contribution in [1.29, 1.82) is 0 Å². The predicted octanol–water partition coefficient (Wildman–Crippen LogP) is 5.13. The van der Waals surface area contributed by atoms with Crippen LogP contribution in [0.4, 0.5) is 0 Å². The Balaban J connectivity index is 0.000000392. The molecule has 0 bridgehead atoms. The molecule has 0 fully saturated rings. The van der Waals surface area contributed by atoms with Crippen molar-refractivity contribution in [1.82, 2.24) is 5.32 Å². The standard InChI is InChI=1S/C11H17N.C8H13N.C2H6/c1-9(2)12-8-11-6-4-5-10(3)7-11;1-7-3-2-4-8(5-7)6-9;1-2/h4-7,9,12H,8H2,1-3H3;3,5H,2,4,6,9H2,1H3;1-2H3. The lowest BCUT2D eigenvalue weighted by Gasteiger charge is -2.07. The van der Waals surface area contributed by atoms with Crippen molar-refractivity contribution in [3.8, 4) is 0 Å². The Labute approximate surface area is 143 Å². The number of hydrogen-bond acceptors (Lipinski definition) is 2. The Kier molecular flexibility index (Phi) is 12.3. The molecule has 2 rings (SSSR count). The fourth-order valence-electron chi connectivity index (χ4n) is 2.24. The molecule has 1 aliphatic rings. The summed E-state index contributed by atoms with van der Waals surface area (Å²) >= 11 is 0. The highest BCUT2D eigenvalue weighted by Gasteiger charge is 1.98. The van der Waals surface area contributed by atoms with Crippen molar-refractivity contribution in [2.24, 2.45) is 5.73 Å². The molecule has 1 aliphatic carbocycles. The van der Waals surface area contributed by atoms with Gasteiger partial charge in [-0.25, -0.2) is 0 Å². The van der Waals surface area contributed by atoms with Crippen molar-refractivity contribution >= 4 is 0 Å². The van der Waals surface area contributed by atoms with E-state index in [0.717, 1.165) is 19.5 Å². The number of nitrogens with one attached hydrogen (secondary N) is 1. The normalized spacial score (nSPS) is 13.2. The molecular weight excluding hydrogens is 280 g/mol. The first-order chi connectivity index (χ1) is 11.0. The summed E-state index contributed by atoms with van der Waals surface area (Å²) in [6, 6.07) is 9.16. The maximum absolute atomic E-state index is 5.47. The van der Waals surface area contributed by atoms with Crippen molar-refractivity contribution in [2.75, 3.05) is 6.54 Å². The van der Waals surface area contributed by atoms with E-state index >= 15 is 0 Å². The van der Waals surface area contributed by atoms with Gasteiger partial charge in [0, 0.05) is 19.1 Å². The lowest BCUT2D eigenvalue weighted by Crippen LogP contribution is -2.21. The van der Waals surface area contributed by atoms with E-state index in [2.05, 4.69) is 69.4 Å². The first kappa shape index (κ1) is 21.6. The van der Waals surface area contributed by atoms with Crippen LogP contribution in [-0.4, -0.2) is 12.6 Å². The summed E-state index contributed by atoms with van der Waals surface area (Å²) < 4.78 is 0. The molecule has 0 amide bonds. The second-order valence-corrected chi connectivity index (χ2v) is 6.02. The van der Waals surface area contributed by atoms with Crippen LogP contribution in [0.2, 0.25) is 0 Å². The summed E-state index contributed by atoms with van der Waals surface area (Å²) in [7, 11) is 0. The first-order valence-corrected chi connectivity index (χ1v) is 8.86. The molecule has 130 valence electrons. The van der Waals surface area contributed by atoms with Gasteiger partial charge in [-0.2, -0.15) is 0 Å². The topological polar surface area (TPSA) is 38.0 Å². The van der Waals surface area contributed by atoms with Gasteiger partial charge in [0.05, 0.1) is 0 Å². The highest BCUT2D eigenvalue weighted by molar-refractivity contribution is 5.26. The van der Waals surface area contributed by atoms with Crippen LogP contribution < -0.4 is 11.1 Å². The number of nitrogens with two attached hydrogens (primary N) is 1. The molecule has 2 nitrogen and oxygen atoms in total. The minimum Gasteiger partial charge on any atom is -0.327 e. The molecule has 0 saturated carbocycles. The zero-order valence-electron chi connectivity index (χ0n) is 15.9. The van der Waals surface area contributed by atoms with Crippen LogP contribution in [0.15, 0.2) is 47.6 Å². The van der Waals surface area contributed by atoms with Crippen LogP contribution in [0.5, 0.6) is 0 Å². The molecule has 3 N–H and O–H groups in total. The van der Waals surface area contributed by atoms with Gasteiger partial charge >= 0.3 is 0 Å². The molecule has 2 heteroatoms. The molecular formula is C21H36N2. The van der Waals surface area contributed by atoms with E-state index in [-0.39, 0.29) is 0 Å². The van der Waals surface area contributed by atoms with Crippen molar-refractivity contribution in [2.45, 2.75) is 67.0 Å². The van der Waals surface area contributed by atoms with Gasteiger partial charge in [0.1, 0.15) is 0 Å². The van der Waals surface area contributed by atoms with E-state index < -0.39 is 0 Å². The Bertz CT molecular complexity index is 484. The fraction of sp³-hybridized carbons (Fsp3) is 0.524. The number of hydrogen-bond donors (Lipinski definition) is 2. The van der Waals surface area contributed by atoms with E-state index in [4.69, 9.17) is 5.73 Å². The SMILES string of the molecule is CC.CC1=CCCC(CN)=C1.Cc1cccc(CNC(C)C)c1. The highest BCUT2D eigenvalue weighted by atomic mass is 14.9. The molecule has 1 aromatic carbocycles. The lowest BCUT2D eigenvalue weighted by atomic mass is 10.0. The van der Waals surface area contributed by atoms with Crippen LogP contribution in [0.3, 0.4) is 0 Å². The van der Waals surface area contributed by atoms with Crippen molar-refractivity contribution in [3.05, 3.63) is 58.7 Å². The zero-order valence-corrected chi connectivity index (χ0v) is 15.9. The number of rotatable bonds is 4. The predicted molar refractivity (Wildman–Crippen MR) is 105 cm³/mol. The summed E-state index contributed by atoms with van der Waals surface area (Å²) in [6.45, 7) is 14.3. The maximum atomic E-state index is 5.47. The minimum atomic E-state index is 0.561. The summed E-state index contributed by atoms with van der Waals surface area (Å²) in [5.41, 5.74) is 10.9. The van der Waals surface area contributed by atoms with Gasteiger partial charge in [-0.15, -0.1) is 0 Å². The van der Waals surface area contributed by atoms with Crippen LogP contribution in [0.25, 0.3) is 0 Å². The van der Waals surface area contributed by atoms with Gasteiger partial charge in [-0.3, -0.25) is 0 Å². The third kappa shape index (κ3) is 10.9. The van der Waals surface area contributed by atoms with Crippen molar-refractivity contribution < 1.29 is 0 Å². The molecule has 0 aliphatic heterocycles. The molecule has 0 aromatic heterocycles. The fourth-order valence-corrected chi connectivity index (χ4v) is 2.24. The average molecular weight is 317 g/mol. The van der Waals surface area contributed by atoms with Gasteiger partial charge < -0.3 is 11.1 Å². The van der Waals surface area contributed by atoms with E-state index in [9.17, 15) is 0 Å². The highest BCUT2D eigenvalue weighted by Crippen LogP contribution is 2.14. The van der Waals surface area contributed by atoms with Gasteiger partial charge in [0.15, 0.2) is 0 Å². The number of aryl methyl sites for hydroxylation is 1. The quantitative estimate of drug-likeness (QED) is 0.808. The second kappa shape index (κ2) is 13.1. The Hall–Kier alpha value is -1.38. The monoisotopic (exact) mass is 316 g/mol. The first-order valence-electron chi connectivity index (χ1n) is 8.86. The van der Waals surface area contributed by atoms with E-state index in [0.29, 0.717) is 6.04 Å². The van der Waals surface area contributed by atoms with Gasteiger partial charge in [0.25, 0.3) is 0 Å². The molecule has 0 unspecified atom stereocenters. The van der Waals surface area contributed by atoms with Gasteiger partial charge in [-0.05, 0) is 32.3 Å². The summed E-state index contributed by atoms with van der Waals surface area (Å²) in [5, 5.41) is 3.39. The Morgan fingerprint density at radius 1 is 1.17 bits per heavy atom. The van der Waals surface area contributed by atoms with Crippen LogP contribution in [0.1, 0.15) is 58.6 Å². The molecule has 0 radical (unpaired) electrons. The smallest absolute Gasteiger partial charge is 0.0207 e. The van der Waals surface area contributed by atoms with E-state index in [1.165, 1.54) is 28.7 Å². The van der Waals surface area contributed by atoms with Gasteiger partial charge in [-0.1, -0.05) is 80.8 Å². The summed E-state index contributed by atoms with van der Waals surface area (Å²) in [4.78, 5) is 0. The van der Waals surface area contributed by atoms with Gasteiger partial charge in [0.2, 0.25) is 0 Å². The average Bonchev–Trinajstić information content (AvgIpc) is 2.55. The Morgan fingerprint density at radius 2 is 1.87 bits per heavy atom. The molecule has 1 aromatic rings. The molecule has 0 heterocycles. The second-order valence-electron chi connectivity index (χ2n) is 6.02. The lowest BCUT2D eigenvalue weighted by molar-refractivity contribution is 0.588. The van der Waals surface area contributed by atoms with Crippen LogP contribution >= 0.6 is 0 Å². The number of allylic oxidation sites excluding steroid dienone is 3. The largest absolute Gasteiger partial charge is 0.327 e. The van der Waals surface area contributed by atoms with E-state index in [1.807, 2.05) is 13.8 Å². The van der Waals surface area contributed by atoms with Crippen LogP contribution in [0, 0.1) is 6.92 Å². The summed E-state index contributed by atoms with van der Waals surface area (Å²) in [6.07, 6.45) is 6.77. The Morgan fingerprint density at radius 3 is 2.35 bits per heavy atom.